The van der Waals surface area contributed by atoms with Gasteiger partial charge in [0.25, 0.3) is 0 Å². The van der Waals surface area contributed by atoms with Crippen LogP contribution in [0.25, 0.3) is 0 Å². The summed E-state index contributed by atoms with van der Waals surface area (Å²) in [6.07, 6.45) is 0.909. The Balaban J connectivity index is 1.91. The lowest BCUT2D eigenvalue weighted by molar-refractivity contribution is -0.209. The number of benzene rings is 2. The van der Waals surface area contributed by atoms with Crippen molar-refractivity contribution in [3.8, 4) is 0 Å². The van der Waals surface area contributed by atoms with E-state index < -0.39 is 36.8 Å². The second-order valence-corrected chi connectivity index (χ2v) is 18.8. The smallest absolute Gasteiger partial charge is 0.240 e. The molecule has 2 aromatic rings. The van der Waals surface area contributed by atoms with Crippen molar-refractivity contribution in [2.75, 3.05) is 13.2 Å². The molecule has 9 heteroatoms. The van der Waals surface area contributed by atoms with Crippen LogP contribution in [0.4, 0.5) is 0 Å². The molecule has 0 saturated heterocycles. The molecule has 0 unspecified atom stereocenters. The van der Waals surface area contributed by atoms with Gasteiger partial charge in [0.05, 0.1) is 24.2 Å². The number of hydrogen-bond acceptors (Lipinski definition) is 6. The zero-order valence-electron chi connectivity index (χ0n) is 25.3. The quantitative estimate of drug-likeness (QED) is 0.230. The summed E-state index contributed by atoms with van der Waals surface area (Å²) in [5, 5.41) is 0.0221. The summed E-state index contributed by atoms with van der Waals surface area (Å²) in [4.78, 5) is 0.226. The molecule has 1 aliphatic rings. The van der Waals surface area contributed by atoms with Crippen LogP contribution >= 0.6 is 0 Å². The molecule has 1 heterocycles. The molecule has 0 amide bonds. The predicted octanol–water partition coefficient (Wildman–Crippen LogP) is 6.35. The number of rotatable bonds is 12. The Morgan fingerprint density at radius 3 is 2.30 bits per heavy atom. The first-order valence-corrected chi connectivity index (χ1v) is 18.4. The Kier molecular flexibility index (Phi) is 11.3. The number of nitrogens with one attached hydrogen (secondary N) is 1. The van der Waals surface area contributed by atoms with Gasteiger partial charge in [-0.15, -0.1) is 0 Å². The molecule has 2 aromatic carbocycles. The molecule has 3 rings (SSSR count). The lowest BCUT2D eigenvalue weighted by Gasteiger charge is -2.38. The van der Waals surface area contributed by atoms with Gasteiger partial charge in [-0.1, -0.05) is 74.9 Å². The SMILES string of the molecule is Cc1ccc(S(=O)(=O)NCC2=CC[C@@H](OC(C)C)O[C@H](CO[Si](C)(C)C(C)(C)C)[C@H]2OCc2ccccc2)cc1. The molecule has 0 aliphatic carbocycles. The van der Waals surface area contributed by atoms with Gasteiger partial charge in [-0.3, -0.25) is 0 Å². The van der Waals surface area contributed by atoms with Gasteiger partial charge < -0.3 is 18.6 Å². The lowest BCUT2D eigenvalue weighted by atomic mass is 10.0. The van der Waals surface area contributed by atoms with E-state index in [1.54, 1.807) is 24.3 Å². The fourth-order valence-electron chi connectivity index (χ4n) is 4.08. The molecular formula is C31H47NO6SSi. The molecule has 1 N–H and O–H groups in total. The third-order valence-corrected chi connectivity index (χ3v) is 13.4. The Morgan fingerprint density at radius 1 is 1.05 bits per heavy atom. The highest BCUT2D eigenvalue weighted by Gasteiger charge is 2.40. The monoisotopic (exact) mass is 589 g/mol. The summed E-state index contributed by atoms with van der Waals surface area (Å²) in [5.41, 5.74) is 2.81. The maximum Gasteiger partial charge on any atom is 0.240 e. The van der Waals surface area contributed by atoms with Crippen LogP contribution in [0.2, 0.25) is 18.1 Å². The van der Waals surface area contributed by atoms with Gasteiger partial charge in [-0.05, 0) is 62.2 Å². The van der Waals surface area contributed by atoms with Crippen molar-refractivity contribution in [1.29, 1.82) is 0 Å². The second-order valence-electron chi connectivity index (χ2n) is 12.2. The van der Waals surface area contributed by atoms with Crippen LogP contribution in [-0.2, 0) is 35.3 Å². The van der Waals surface area contributed by atoms with Gasteiger partial charge in [0.1, 0.15) is 12.2 Å². The van der Waals surface area contributed by atoms with Crippen molar-refractivity contribution >= 4 is 18.3 Å². The summed E-state index contributed by atoms with van der Waals surface area (Å²) in [6.45, 7) is 17.6. The minimum Gasteiger partial charge on any atom is -0.414 e. The molecule has 1 aliphatic heterocycles. The molecule has 7 nitrogen and oxygen atoms in total. The Morgan fingerprint density at radius 2 is 1.70 bits per heavy atom. The first kappa shape index (κ1) is 32.7. The average Bonchev–Trinajstić information content (AvgIpc) is 3.03. The molecule has 3 atom stereocenters. The Bertz CT molecular complexity index is 1210. The van der Waals surface area contributed by atoms with E-state index in [1.807, 2.05) is 57.2 Å². The second kappa shape index (κ2) is 13.9. The fourth-order valence-corrected chi connectivity index (χ4v) is 6.11. The van der Waals surface area contributed by atoms with Crippen molar-refractivity contribution in [1.82, 2.24) is 4.72 Å². The summed E-state index contributed by atoms with van der Waals surface area (Å²) in [6, 6.07) is 16.7. The first-order chi connectivity index (χ1) is 18.7. The van der Waals surface area contributed by atoms with Gasteiger partial charge in [0, 0.05) is 13.0 Å². The molecular weight excluding hydrogens is 542 g/mol. The van der Waals surface area contributed by atoms with Crippen LogP contribution < -0.4 is 4.72 Å². The van der Waals surface area contributed by atoms with Gasteiger partial charge in [0.15, 0.2) is 14.6 Å². The van der Waals surface area contributed by atoms with Crippen LogP contribution in [0.1, 0.15) is 52.2 Å². The van der Waals surface area contributed by atoms with E-state index in [1.165, 1.54) is 0 Å². The molecule has 0 fully saturated rings. The molecule has 0 radical (unpaired) electrons. The standard InChI is InChI=1S/C31H47NO6SSi/c1-23(2)37-29-19-16-26(20-32-39(33,34)27-17-14-24(3)15-18-27)30(35-21-25-12-10-9-11-13-25)28(38-29)22-36-40(7,8)31(4,5)6/h9-18,23,28-30,32H,19-22H2,1-8H3/t28-,29+,30+/m1/s1. The summed E-state index contributed by atoms with van der Waals surface area (Å²) in [5.74, 6) is 0. The van der Waals surface area contributed by atoms with E-state index in [4.69, 9.17) is 18.6 Å². The highest BCUT2D eigenvalue weighted by atomic mass is 32.2. The highest BCUT2D eigenvalue weighted by Crippen LogP contribution is 2.37. The molecule has 222 valence electrons. The van der Waals surface area contributed by atoms with Crippen LogP contribution in [0.3, 0.4) is 0 Å². The predicted molar refractivity (Wildman–Crippen MR) is 162 cm³/mol. The molecule has 0 aromatic heterocycles. The highest BCUT2D eigenvalue weighted by molar-refractivity contribution is 7.89. The van der Waals surface area contributed by atoms with E-state index in [-0.39, 0.29) is 22.6 Å². The van der Waals surface area contributed by atoms with Gasteiger partial charge in [-0.2, -0.15) is 0 Å². The maximum absolute atomic E-state index is 13.2. The largest absolute Gasteiger partial charge is 0.414 e. The minimum absolute atomic E-state index is 0.0221. The summed E-state index contributed by atoms with van der Waals surface area (Å²) in [7, 11) is -5.83. The van der Waals surface area contributed by atoms with E-state index in [9.17, 15) is 8.42 Å². The molecule has 40 heavy (non-hydrogen) atoms. The van der Waals surface area contributed by atoms with Crippen LogP contribution in [-0.4, -0.2) is 54.5 Å². The maximum atomic E-state index is 13.2. The Hall–Kier alpha value is -1.85. The van der Waals surface area contributed by atoms with Crippen molar-refractivity contribution < 1.29 is 27.1 Å². The zero-order valence-corrected chi connectivity index (χ0v) is 27.1. The fraction of sp³-hybridized carbons (Fsp3) is 0.548. The van der Waals surface area contributed by atoms with E-state index in [0.29, 0.717) is 19.6 Å². The van der Waals surface area contributed by atoms with Crippen molar-refractivity contribution in [3.63, 3.8) is 0 Å². The van der Waals surface area contributed by atoms with E-state index in [2.05, 4.69) is 38.6 Å². The number of aryl methyl sites for hydroxylation is 1. The van der Waals surface area contributed by atoms with Crippen LogP contribution in [0, 0.1) is 6.92 Å². The third-order valence-electron chi connectivity index (χ3n) is 7.51. The normalized spacial score (nSPS) is 20.8. The first-order valence-electron chi connectivity index (χ1n) is 14.0. The summed E-state index contributed by atoms with van der Waals surface area (Å²) >= 11 is 0. The molecule has 0 bridgehead atoms. The van der Waals surface area contributed by atoms with E-state index in [0.717, 1.165) is 16.7 Å². The van der Waals surface area contributed by atoms with Crippen LogP contribution in [0.15, 0.2) is 71.1 Å². The molecule has 0 saturated carbocycles. The minimum atomic E-state index is -3.73. The Labute approximate surface area is 242 Å². The third kappa shape index (κ3) is 9.34. The van der Waals surface area contributed by atoms with Crippen molar-refractivity contribution in [2.45, 2.75) is 102 Å². The van der Waals surface area contributed by atoms with Gasteiger partial charge in [0.2, 0.25) is 10.0 Å². The van der Waals surface area contributed by atoms with Crippen molar-refractivity contribution in [2.24, 2.45) is 0 Å². The molecule has 0 spiro atoms. The number of ether oxygens (including phenoxy) is 3. The van der Waals surface area contributed by atoms with Gasteiger partial charge in [-0.25, -0.2) is 13.1 Å². The lowest BCUT2D eigenvalue weighted by Crippen LogP contribution is -2.47. The topological polar surface area (TPSA) is 83.1 Å². The van der Waals surface area contributed by atoms with Gasteiger partial charge >= 0.3 is 0 Å². The van der Waals surface area contributed by atoms with E-state index >= 15 is 0 Å². The number of sulfonamides is 1. The zero-order chi connectivity index (χ0) is 29.6. The number of hydrogen-bond donors (Lipinski definition) is 1. The summed E-state index contributed by atoms with van der Waals surface area (Å²) < 4.78 is 54.8. The average molecular weight is 590 g/mol. The van der Waals surface area contributed by atoms with Crippen LogP contribution in [0.5, 0.6) is 0 Å². The van der Waals surface area contributed by atoms with Crippen molar-refractivity contribution in [3.05, 3.63) is 77.4 Å².